The zero-order chi connectivity index (χ0) is 14.3. The second kappa shape index (κ2) is 4.61. The molecule has 104 valence electrons. The number of imidazole rings is 1. The minimum Gasteiger partial charge on any atom is -0.371 e. The van der Waals surface area contributed by atoms with E-state index in [-0.39, 0.29) is 4.90 Å². The summed E-state index contributed by atoms with van der Waals surface area (Å²) in [5, 5.41) is 0. The maximum absolute atomic E-state index is 11.5. The molecule has 0 bridgehead atoms. The first kappa shape index (κ1) is 14.0. The molecule has 0 fully saturated rings. The number of H-pyrrole nitrogens is 1. The average Bonchev–Trinajstić information content (AvgIpc) is 2.80. The lowest BCUT2D eigenvalue weighted by atomic mass is 10.0. The van der Waals surface area contributed by atoms with Gasteiger partial charge < -0.3 is 9.72 Å². The third kappa shape index (κ3) is 2.50. The largest absolute Gasteiger partial charge is 0.371 e. The number of aromatic nitrogens is 2. The van der Waals surface area contributed by atoms with Crippen molar-refractivity contribution in [2.24, 2.45) is 0 Å². The molecule has 2 rings (SSSR count). The molecule has 1 aromatic heterocycles. The summed E-state index contributed by atoms with van der Waals surface area (Å²) < 4.78 is 28.6. The van der Waals surface area contributed by atoms with Crippen LogP contribution in [0.15, 0.2) is 23.1 Å². The number of hydrogen-bond donors (Lipinski definition) is 1. The van der Waals surface area contributed by atoms with Crippen LogP contribution in [0.4, 0.5) is 0 Å². The van der Waals surface area contributed by atoms with E-state index in [1.807, 2.05) is 13.8 Å². The third-order valence-corrected chi connectivity index (χ3v) is 4.62. The van der Waals surface area contributed by atoms with Crippen molar-refractivity contribution in [2.45, 2.75) is 30.8 Å². The van der Waals surface area contributed by atoms with Crippen LogP contribution in [0.1, 0.15) is 26.1 Å². The summed E-state index contributed by atoms with van der Waals surface area (Å²) in [4.78, 5) is 7.91. The van der Waals surface area contributed by atoms with E-state index in [0.717, 1.165) is 11.9 Å². The molecule has 0 amide bonds. The van der Waals surface area contributed by atoms with Gasteiger partial charge in [0.2, 0.25) is 0 Å². The van der Waals surface area contributed by atoms with E-state index in [2.05, 4.69) is 9.97 Å². The molecule has 1 atom stereocenters. The van der Waals surface area contributed by atoms with Gasteiger partial charge in [0.25, 0.3) is 0 Å². The summed E-state index contributed by atoms with van der Waals surface area (Å²) in [5.74, 6) is 0.707. The fourth-order valence-corrected chi connectivity index (χ4v) is 2.53. The van der Waals surface area contributed by atoms with Crippen LogP contribution in [0.2, 0.25) is 0 Å². The Morgan fingerprint density at radius 2 is 2.11 bits per heavy atom. The van der Waals surface area contributed by atoms with Crippen molar-refractivity contribution < 1.29 is 13.2 Å². The minimum absolute atomic E-state index is 0.283. The number of methoxy groups -OCH3 is 1. The summed E-state index contributed by atoms with van der Waals surface area (Å²) in [6.45, 7) is 3.96. The molecule has 0 saturated carbocycles. The van der Waals surface area contributed by atoms with Crippen LogP contribution in [0.5, 0.6) is 0 Å². The number of aromatic amines is 1. The van der Waals surface area contributed by atoms with Crippen molar-refractivity contribution in [3.05, 3.63) is 24.0 Å². The monoisotopic (exact) mass is 282 g/mol. The molecule has 1 heterocycles. The fraction of sp³-hybridized carbons (Fsp3) is 0.462. The van der Waals surface area contributed by atoms with E-state index in [4.69, 9.17) is 4.74 Å². The maximum Gasteiger partial charge on any atom is 0.175 e. The predicted molar refractivity (Wildman–Crippen MR) is 73.9 cm³/mol. The smallest absolute Gasteiger partial charge is 0.175 e. The summed E-state index contributed by atoms with van der Waals surface area (Å²) in [5.41, 5.74) is 0.943. The molecule has 5 nitrogen and oxygen atoms in total. The Labute approximate surface area is 112 Å². The van der Waals surface area contributed by atoms with Gasteiger partial charge >= 0.3 is 0 Å². The molecule has 0 saturated heterocycles. The summed E-state index contributed by atoms with van der Waals surface area (Å²) in [6, 6.07) is 4.88. The molecule has 19 heavy (non-hydrogen) atoms. The van der Waals surface area contributed by atoms with Gasteiger partial charge in [-0.15, -0.1) is 0 Å². The van der Waals surface area contributed by atoms with E-state index in [1.165, 1.54) is 6.26 Å². The van der Waals surface area contributed by atoms with Gasteiger partial charge in [0, 0.05) is 13.4 Å². The second-order valence-corrected chi connectivity index (χ2v) is 6.84. The molecule has 0 radical (unpaired) electrons. The average molecular weight is 282 g/mol. The van der Waals surface area contributed by atoms with Crippen LogP contribution in [0.25, 0.3) is 11.0 Å². The molecular formula is C13H18N2O3S. The third-order valence-electron chi connectivity index (χ3n) is 3.51. The number of benzene rings is 1. The van der Waals surface area contributed by atoms with E-state index >= 15 is 0 Å². The highest BCUT2D eigenvalue weighted by molar-refractivity contribution is 7.90. The van der Waals surface area contributed by atoms with E-state index in [1.54, 1.807) is 25.3 Å². The highest BCUT2D eigenvalue weighted by atomic mass is 32.2. The highest BCUT2D eigenvalue weighted by Crippen LogP contribution is 2.28. The Bertz CT molecular complexity index is 700. The Hall–Kier alpha value is -1.40. The molecule has 1 unspecified atom stereocenters. The maximum atomic E-state index is 11.5. The quantitative estimate of drug-likeness (QED) is 0.933. The van der Waals surface area contributed by atoms with Gasteiger partial charge in [0.1, 0.15) is 11.4 Å². The highest BCUT2D eigenvalue weighted by Gasteiger charge is 2.27. The molecule has 0 spiro atoms. The van der Waals surface area contributed by atoms with Crippen molar-refractivity contribution in [1.29, 1.82) is 0 Å². The lowest BCUT2D eigenvalue weighted by Gasteiger charge is -2.23. The second-order valence-electron chi connectivity index (χ2n) is 4.83. The normalized spacial score (nSPS) is 15.6. The molecule has 0 aliphatic heterocycles. The first-order chi connectivity index (χ1) is 8.80. The molecular weight excluding hydrogens is 264 g/mol. The number of sulfone groups is 1. The van der Waals surface area contributed by atoms with Gasteiger partial charge in [-0.25, -0.2) is 13.4 Å². The molecule has 1 aromatic carbocycles. The fourth-order valence-electron chi connectivity index (χ4n) is 1.88. The van der Waals surface area contributed by atoms with Crippen LogP contribution in [0, 0.1) is 0 Å². The van der Waals surface area contributed by atoms with Gasteiger partial charge in [-0.3, -0.25) is 0 Å². The topological polar surface area (TPSA) is 72.0 Å². The number of ether oxygens (including phenoxy) is 1. The lowest BCUT2D eigenvalue weighted by molar-refractivity contribution is -0.00803. The van der Waals surface area contributed by atoms with Crippen molar-refractivity contribution in [3.8, 4) is 0 Å². The summed E-state index contributed by atoms with van der Waals surface area (Å²) in [6.07, 6.45) is 1.96. The van der Waals surface area contributed by atoms with Crippen molar-refractivity contribution >= 4 is 20.9 Å². The van der Waals surface area contributed by atoms with Crippen LogP contribution >= 0.6 is 0 Å². The van der Waals surface area contributed by atoms with E-state index < -0.39 is 15.4 Å². The van der Waals surface area contributed by atoms with Crippen LogP contribution in [-0.4, -0.2) is 31.8 Å². The molecule has 2 aromatic rings. The van der Waals surface area contributed by atoms with Crippen LogP contribution in [0.3, 0.4) is 0 Å². The van der Waals surface area contributed by atoms with Gasteiger partial charge in [0.15, 0.2) is 9.84 Å². The SMILES string of the molecule is CCC(C)(OC)c1nc2ccc(S(C)(=O)=O)cc2[nH]1. The summed E-state index contributed by atoms with van der Waals surface area (Å²) in [7, 11) is -1.57. The van der Waals surface area contributed by atoms with Gasteiger partial charge in [-0.05, 0) is 31.5 Å². The molecule has 1 N–H and O–H groups in total. The number of nitrogens with zero attached hydrogens (tertiary/aromatic N) is 1. The Kier molecular flexibility index (Phi) is 3.40. The Balaban J connectivity index is 2.59. The number of hydrogen-bond acceptors (Lipinski definition) is 4. The van der Waals surface area contributed by atoms with Crippen LogP contribution in [-0.2, 0) is 20.2 Å². The van der Waals surface area contributed by atoms with Gasteiger partial charge in [0.05, 0.1) is 15.9 Å². The zero-order valence-corrected chi connectivity index (χ0v) is 12.3. The first-order valence-electron chi connectivity index (χ1n) is 6.05. The Morgan fingerprint density at radius 3 is 2.63 bits per heavy atom. The van der Waals surface area contributed by atoms with Gasteiger partial charge in [-0.1, -0.05) is 6.92 Å². The molecule has 6 heteroatoms. The first-order valence-corrected chi connectivity index (χ1v) is 7.95. The van der Waals surface area contributed by atoms with Crippen molar-refractivity contribution in [3.63, 3.8) is 0 Å². The number of rotatable bonds is 4. The Morgan fingerprint density at radius 1 is 1.42 bits per heavy atom. The minimum atomic E-state index is -3.21. The predicted octanol–water partition coefficient (Wildman–Crippen LogP) is 2.24. The number of nitrogens with one attached hydrogen (secondary N) is 1. The van der Waals surface area contributed by atoms with E-state index in [9.17, 15) is 8.42 Å². The van der Waals surface area contributed by atoms with E-state index in [0.29, 0.717) is 11.3 Å². The van der Waals surface area contributed by atoms with Crippen molar-refractivity contribution in [2.75, 3.05) is 13.4 Å². The van der Waals surface area contributed by atoms with Crippen LogP contribution < -0.4 is 0 Å². The number of fused-ring (bicyclic) bond motifs is 1. The van der Waals surface area contributed by atoms with Gasteiger partial charge in [-0.2, -0.15) is 0 Å². The van der Waals surface area contributed by atoms with Crippen molar-refractivity contribution in [1.82, 2.24) is 9.97 Å². The standard InChI is InChI=1S/C13H18N2O3S/c1-5-13(2,18-3)12-14-10-7-6-9(19(4,16)17)8-11(10)15-12/h6-8H,5H2,1-4H3,(H,14,15). The summed E-state index contributed by atoms with van der Waals surface area (Å²) >= 11 is 0. The lowest BCUT2D eigenvalue weighted by Crippen LogP contribution is -2.24. The zero-order valence-electron chi connectivity index (χ0n) is 11.5. The molecule has 0 aliphatic carbocycles. The molecule has 0 aliphatic rings.